The maximum Gasteiger partial charge on any atom is 0.106 e. The Labute approximate surface area is 79.8 Å². The maximum atomic E-state index is 5.41. The number of H-pyrrole nitrogens is 1. The second kappa shape index (κ2) is 5.02. The third-order valence-electron chi connectivity index (χ3n) is 2.29. The summed E-state index contributed by atoms with van der Waals surface area (Å²) in [7, 11) is 0. The lowest BCUT2D eigenvalue weighted by atomic mass is 10.2. The SMILES string of the molecule is Cc1nc(CCCCCN)[nH]c1C. The van der Waals surface area contributed by atoms with E-state index >= 15 is 0 Å². The van der Waals surface area contributed by atoms with Gasteiger partial charge in [0.05, 0.1) is 5.69 Å². The van der Waals surface area contributed by atoms with Gasteiger partial charge < -0.3 is 10.7 Å². The molecule has 3 nitrogen and oxygen atoms in total. The number of rotatable bonds is 5. The fourth-order valence-corrected chi connectivity index (χ4v) is 1.35. The third kappa shape index (κ3) is 3.19. The average Bonchev–Trinajstić information content (AvgIpc) is 2.41. The molecule has 3 heteroatoms. The molecule has 0 bridgehead atoms. The number of aromatic amines is 1. The van der Waals surface area contributed by atoms with Crippen molar-refractivity contribution < 1.29 is 0 Å². The van der Waals surface area contributed by atoms with Gasteiger partial charge in [0.1, 0.15) is 5.82 Å². The molecular formula is C10H19N3. The van der Waals surface area contributed by atoms with E-state index in [0.717, 1.165) is 30.9 Å². The highest BCUT2D eigenvalue weighted by Gasteiger charge is 2.00. The fraction of sp³-hybridized carbons (Fsp3) is 0.700. The molecule has 74 valence electrons. The first-order chi connectivity index (χ1) is 6.24. The summed E-state index contributed by atoms with van der Waals surface area (Å²) in [5.41, 5.74) is 7.72. The van der Waals surface area contributed by atoms with Crippen LogP contribution < -0.4 is 5.73 Å². The quantitative estimate of drug-likeness (QED) is 0.679. The van der Waals surface area contributed by atoms with Crippen molar-refractivity contribution in [2.45, 2.75) is 39.5 Å². The Morgan fingerprint density at radius 3 is 2.54 bits per heavy atom. The van der Waals surface area contributed by atoms with Crippen molar-refractivity contribution in [3.8, 4) is 0 Å². The van der Waals surface area contributed by atoms with E-state index in [0.29, 0.717) is 0 Å². The lowest BCUT2D eigenvalue weighted by Gasteiger charge is -1.96. The van der Waals surface area contributed by atoms with Crippen molar-refractivity contribution >= 4 is 0 Å². The molecule has 0 fully saturated rings. The van der Waals surface area contributed by atoms with Crippen LogP contribution in [0.25, 0.3) is 0 Å². The zero-order chi connectivity index (χ0) is 9.68. The van der Waals surface area contributed by atoms with Gasteiger partial charge in [-0.1, -0.05) is 6.42 Å². The third-order valence-corrected chi connectivity index (χ3v) is 2.29. The number of aryl methyl sites for hydroxylation is 3. The molecule has 0 spiro atoms. The van der Waals surface area contributed by atoms with Gasteiger partial charge in [0.25, 0.3) is 0 Å². The van der Waals surface area contributed by atoms with Crippen molar-refractivity contribution in [2.24, 2.45) is 5.73 Å². The number of nitrogens with two attached hydrogens (primary N) is 1. The smallest absolute Gasteiger partial charge is 0.106 e. The van der Waals surface area contributed by atoms with Crippen molar-refractivity contribution in [3.63, 3.8) is 0 Å². The Bertz CT molecular complexity index is 233. The normalized spacial score (nSPS) is 10.7. The molecule has 0 aliphatic heterocycles. The summed E-state index contributed by atoms with van der Waals surface area (Å²) < 4.78 is 0. The van der Waals surface area contributed by atoms with Gasteiger partial charge in [-0.3, -0.25) is 0 Å². The second-order valence-electron chi connectivity index (χ2n) is 3.49. The first-order valence-electron chi connectivity index (χ1n) is 4.96. The second-order valence-corrected chi connectivity index (χ2v) is 3.49. The van der Waals surface area contributed by atoms with Crippen molar-refractivity contribution in [2.75, 3.05) is 6.54 Å². The Morgan fingerprint density at radius 2 is 2.00 bits per heavy atom. The van der Waals surface area contributed by atoms with Gasteiger partial charge in [0, 0.05) is 12.1 Å². The molecule has 0 unspecified atom stereocenters. The highest BCUT2D eigenvalue weighted by Crippen LogP contribution is 2.06. The zero-order valence-corrected chi connectivity index (χ0v) is 8.56. The lowest BCUT2D eigenvalue weighted by molar-refractivity contribution is 0.672. The molecule has 0 saturated carbocycles. The van der Waals surface area contributed by atoms with E-state index in [1.54, 1.807) is 0 Å². The van der Waals surface area contributed by atoms with E-state index in [-0.39, 0.29) is 0 Å². The molecule has 13 heavy (non-hydrogen) atoms. The predicted octanol–water partition coefficient (Wildman–Crippen LogP) is 1.70. The minimum atomic E-state index is 0.802. The molecule has 1 heterocycles. The summed E-state index contributed by atoms with van der Waals surface area (Å²) in [6.07, 6.45) is 4.56. The van der Waals surface area contributed by atoms with Crippen LogP contribution in [0.1, 0.15) is 36.5 Å². The molecular weight excluding hydrogens is 162 g/mol. The summed E-state index contributed by atoms with van der Waals surface area (Å²) >= 11 is 0. The standard InChI is InChI=1S/C10H19N3/c1-8-9(2)13-10(12-8)6-4-3-5-7-11/h3-7,11H2,1-2H3,(H,12,13). The number of nitrogens with zero attached hydrogens (tertiary/aromatic N) is 1. The highest BCUT2D eigenvalue weighted by molar-refractivity contribution is 5.10. The van der Waals surface area contributed by atoms with Gasteiger partial charge in [-0.15, -0.1) is 0 Å². The summed E-state index contributed by atoms with van der Waals surface area (Å²) in [6.45, 7) is 4.90. The molecule has 1 rings (SSSR count). The number of hydrogen-bond donors (Lipinski definition) is 2. The molecule has 0 amide bonds. The van der Waals surface area contributed by atoms with Crippen LogP contribution in [0.2, 0.25) is 0 Å². The molecule has 0 saturated heterocycles. The average molecular weight is 181 g/mol. The Morgan fingerprint density at radius 1 is 1.23 bits per heavy atom. The van der Waals surface area contributed by atoms with Crippen LogP contribution >= 0.6 is 0 Å². The van der Waals surface area contributed by atoms with E-state index in [1.165, 1.54) is 18.5 Å². The molecule has 0 atom stereocenters. The maximum absolute atomic E-state index is 5.41. The van der Waals surface area contributed by atoms with E-state index in [9.17, 15) is 0 Å². The minimum Gasteiger partial charge on any atom is -0.346 e. The van der Waals surface area contributed by atoms with Crippen LogP contribution in [0.3, 0.4) is 0 Å². The number of aromatic nitrogens is 2. The number of hydrogen-bond acceptors (Lipinski definition) is 2. The molecule has 0 aromatic carbocycles. The zero-order valence-electron chi connectivity index (χ0n) is 8.56. The molecule has 1 aromatic rings. The van der Waals surface area contributed by atoms with Crippen LogP contribution in [0.5, 0.6) is 0 Å². The summed E-state index contributed by atoms with van der Waals surface area (Å²) in [5.74, 6) is 1.12. The Hall–Kier alpha value is -0.830. The fourth-order valence-electron chi connectivity index (χ4n) is 1.35. The lowest BCUT2D eigenvalue weighted by Crippen LogP contribution is -1.98. The van der Waals surface area contributed by atoms with E-state index in [1.807, 2.05) is 6.92 Å². The van der Waals surface area contributed by atoms with Crippen LogP contribution in [0.15, 0.2) is 0 Å². The van der Waals surface area contributed by atoms with Crippen molar-refractivity contribution in [1.82, 2.24) is 9.97 Å². The first-order valence-corrected chi connectivity index (χ1v) is 4.96. The van der Waals surface area contributed by atoms with E-state index < -0.39 is 0 Å². The van der Waals surface area contributed by atoms with E-state index in [4.69, 9.17) is 5.73 Å². The van der Waals surface area contributed by atoms with Gasteiger partial charge in [-0.05, 0) is 33.2 Å². The molecule has 1 aromatic heterocycles. The number of nitrogens with one attached hydrogen (secondary N) is 1. The van der Waals surface area contributed by atoms with Gasteiger partial charge in [0.2, 0.25) is 0 Å². The number of imidazole rings is 1. The van der Waals surface area contributed by atoms with Gasteiger partial charge in [-0.2, -0.15) is 0 Å². The largest absolute Gasteiger partial charge is 0.346 e. The molecule has 0 aliphatic carbocycles. The van der Waals surface area contributed by atoms with Crippen LogP contribution in [0.4, 0.5) is 0 Å². The summed E-state index contributed by atoms with van der Waals surface area (Å²) in [5, 5.41) is 0. The topological polar surface area (TPSA) is 54.7 Å². The Kier molecular flexibility index (Phi) is 3.96. The van der Waals surface area contributed by atoms with Gasteiger partial charge >= 0.3 is 0 Å². The molecule has 3 N–H and O–H groups in total. The molecule has 0 aliphatic rings. The molecule has 0 radical (unpaired) electrons. The van der Waals surface area contributed by atoms with Crippen molar-refractivity contribution in [3.05, 3.63) is 17.2 Å². The van der Waals surface area contributed by atoms with Crippen molar-refractivity contribution in [1.29, 1.82) is 0 Å². The summed E-state index contributed by atoms with van der Waals surface area (Å²) in [4.78, 5) is 7.70. The number of unbranched alkanes of at least 4 members (excludes halogenated alkanes) is 2. The minimum absolute atomic E-state index is 0.802. The summed E-state index contributed by atoms with van der Waals surface area (Å²) in [6, 6.07) is 0. The highest BCUT2D eigenvalue weighted by atomic mass is 14.9. The monoisotopic (exact) mass is 181 g/mol. The van der Waals surface area contributed by atoms with Gasteiger partial charge in [0.15, 0.2) is 0 Å². The van der Waals surface area contributed by atoms with Gasteiger partial charge in [-0.25, -0.2) is 4.98 Å². The van der Waals surface area contributed by atoms with Crippen LogP contribution in [0, 0.1) is 13.8 Å². The Balaban J connectivity index is 2.29. The van der Waals surface area contributed by atoms with Crippen LogP contribution in [-0.4, -0.2) is 16.5 Å². The first kappa shape index (κ1) is 10.3. The van der Waals surface area contributed by atoms with Crippen LogP contribution in [-0.2, 0) is 6.42 Å². The predicted molar refractivity (Wildman–Crippen MR) is 54.7 cm³/mol. The van der Waals surface area contributed by atoms with E-state index in [2.05, 4.69) is 16.9 Å².